The SMILES string of the molecule is COc1cc2cc(Oc3ccc(NC(=O)Nc4ccc(Cl)c(C(F)(F)F)c4)cc3)c(C)nc2cc1OCCc1ccccc1. The van der Waals surface area contributed by atoms with Gasteiger partial charge in [-0.2, -0.15) is 13.2 Å². The molecule has 0 saturated heterocycles. The van der Waals surface area contributed by atoms with Crippen molar-refractivity contribution in [2.24, 2.45) is 0 Å². The van der Waals surface area contributed by atoms with E-state index in [-0.39, 0.29) is 5.69 Å². The topological polar surface area (TPSA) is 81.7 Å². The quantitative estimate of drug-likeness (QED) is 0.171. The van der Waals surface area contributed by atoms with E-state index in [1.165, 1.54) is 11.6 Å². The standard InChI is InChI=1S/C33H27ClF3N3O4/c1-20-29(16-22-17-30(42-2)31(19-28(22)38-20)43-15-14-21-6-4-3-5-7-21)44-25-11-8-23(9-12-25)39-32(41)40-24-10-13-27(34)26(18-24)33(35,36)37/h3-13,16-19H,14-15H2,1-2H3,(H2,39,40,41). The average Bonchev–Trinajstić information content (AvgIpc) is 2.99. The number of ether oxygens (including phenoxy) is 3. The van der Waals surface area contributed by atoms with Gasteiger partial charge in [0.05, 0.1) is 35.5 Å². The van der Waals surface area contributed by atoms with E-state index in [0.29, 0.717) is 41.0 Å². The fraction of sp³-hybridized carbons (Fsp3) is 0.152. The third-order valence-corrected chi connectivity index (χ3v) is 6.93. The Labute approximate surface area is 256 Å². The molecule has 226 valence electrons. The van der Waals surface area contributed by atoms with Crippen LogP contribution in [-0.2, 0) is 12.6 Å². The lowest BCUT2D eigenvalue weighted by Crippen LogP contribution is -2.19. The molecule has 1 aromatic heterocycles. The second-order valence-electron chi connectivity index (χ2n) is 9.75. The number of fused-ring (bicyclic) bond motifs is 1. The van der Waals surface area contributed by atoms with Crippen LogP contribution in [0, 0.1) is 6.92 Å². The Morgan fingerprint density at radius 2 is 1.55 bits per heavy atom. The summed E-state index contributed by atoms with van der Waals surface area (Å²) in [5, 5.41) is 5.29. The van der Waals surface area contributed by atoms with Gasteiger partial charge in [-0.05, 0) is 67.1 Å². The van der Waals surface area contributed by atoms with Gasteiger partial charge in [-0.1, -0.05) is 41.9 Å². The van der Waals surface area contributed by atoms with Crippen LogP contribution >= 0.6 is 11.6 Å². The van der Waals surface area contributed by atoms with Gasteiger partial charge in [0.2, 0.25) is 0 Å². The predicted octanol–water partition coefficient (Wildman–Crippen LogP) is 9.28. The normalized spacial score (nSPS) is 11.2. The summed E-state index contributed by atoms with van der Waals surface area (Å²) in [4.78, 5) is 17.1. The van der Waals surface area contributed by atoms with Crippen molar-refractivity contribution in [2.75, 3.05) is 24.4 Å². The highest BCUT2D eigenvalue weighted by atomic mass is 35.5. The Kier molecular flexibility index (Phi) is 9.10. The first kappa shape index (κ1) is 30.5. The van der Waals surface area contributed by atoms with Crippen molar-refractivity contribution in [3.8, 4) is 23.0 Å². The van der Waals surface area contributed by atoms with Crippen molar-refractivity contribution in [1.82, 2.24) is 4.98 Å². The number of benzene rings is 4. The lowest BCUT2D eigenvalue weighted by atomic mass is 10.1. The molecule has 1 heterocycles. The van der Waals surface area contributed by atoms with Gasteiger partial charge >= 0.3 is 12.2 Å². The van der Waals surface area contributed by atoms with Crippen molar-refractivity contribution in [1.29, 1.82) is 0 Å². The lowest BCUT2D eigenvalue weighted by Gasteiger charge is -2.14. The molecule has 44 heavy (non-hydrogen) atoms. The third kappa shape index (κ3) is 7.51. The number of methoxy groups -OCH3 is 1. The highest BCUT2D eigenvalue weighted by Crippen LogP contribution is 2.37. The molecular formula is C33H27ClF3N3O4. The number of aromatic nitrogens is 1. The fourth-order valence-electron chi connectivity index (χ4n) is 4.40. The minimum absolute atomic E-state index is 0.0547. The van der Waals surface area contributed by atoms with Crippen LogP contribution in [0.25, 0.3) is 10.9 Å². The van der Waals surface area contributed by atoms with E-state index in [1.54, 1.807) is 31.4 Å². The maximum absolute atomic E-state index is 13.1. The molecule has 2 amide bonds. The van der Waals surface area contributed by atoms with E-state index >= 15 is 0 Å². The summed E-state index contributed by atoms with van der Waals surface area (Å²) in [6.45, 7) is 2.31. The lowest BCUT2D eigenvalue weighted by molar-refractivity contribution is -0.137. The Bertz CT molecular complexity index is 1780. The highest BCUT2D eigenvalue weighted by molar-refractivity contribution is 6.31. The molecule has 0 aliphatic rings. The zero-order chi connectivity index (χ0) is 31.3. The van der Waals surface area contributed by atoms with Crippen LogP contribution in [0.1, 0.15) is 16.8 Å². The molecule has 11 heteroatoms. The van der Waals surface area contributed by atoms with Gasteiger partial charge in [-0.25, -0.2) is 9.78 Å². The molecule has 2 N–H and O–H groups in total. The number of carbonyl (C=O) groups is 1. The number of anilines is 2. The Hall–Kier alpha value is -4.96. The number of amides is 2. The van der Waals surface area contributed by atoms with Crippen molar-refractivity contribution < 1.29 is 32.2 Å². The minimum atomic E-state index is -4.65. The number of carbonyl (C=O) groups excluding carboxylic acids is 1. The van der Waals surface area contributed by atoms with Crippen LogP contribution in [0.5, 0.6) is 23.0 Å². The Morgan fingerprint density at radius 3 is 2.25 bits per heavy atom. The molecule has 0 aliphatic carbocycles. The summed E-state index contributed by atoms with van der Waals surface area (Å²) in [6, 6.07) is 24.5. The van der Waals surface area contributed by atoms with Crippen LogP contribution in [0.15, 0.2) is 91.0 Å². The summed E-state index contributed by atoms with van der Waals surface area (Å²) in [6.07, 6.45) is -3.89. The molecule has 0 atom stereocenters. The van der Waals surface area contributed by atoms with Crippen LogP contribution in [0.2, 0.25) is 5.02 Å². The molecule has 5 aromatic rings. The predicted molar refractivity (Wildman–Crippen MR) is 164 cm³/mol. The van der Waals surface area contributed by atoms with E-state index in [9.17, 15) is 18.0 Å². The molecule has 0 radical (unpaired) electrons. The van der Waals surface area contributed by atoms with Gasteiger partial charge in [0.25, 0.3) is 0 Å². The molecule has 7 nitrogen and oxygen atoms in total. The zero-order valence-corrected chi connectivity index (χ0v) is 24.4. The van der Waals surface area contributed by atoms with Crippen LogP contribution in [-0.4, -0.2) is 24.7 Å². The third-order valence-electron chi connectivity index (χ3n) is 6.61. The van der Waals surface area contributed by atoms with E-state index < -0.39 is 22.8 Å². The molecule has 0 aliphatic heterocycles. The number of pyridine rings is 1. The van der Waals surface area contributed by atoms with Crippen molar-refractivity contribution in [3.05, 3.63) is 113 Å². The first-order chi connectivity index (χ1) is 21.1. The maximum atomic E-state index is 13.1. The molecule has 0 fully saturated rings. The van der Waals surface area contributed by atoms with Crippen LogP contribution < -0.4 is 24.8 Å². The average molecular weight is 622 g/mol. The number of halogens is 4. The number of hydrogen-bond donors (Lipinski definition) is 2. The summed E-state index contributed by atoms with van der Waals surface area (Å²) < 4.78 is 57.0. The number of hydrogen-bond acceptors (Lipinski definition) is 5. The highest BCUT2D eigenvalue weighted by Gasteiger charge is 2.33. The molecular weight excluding hydrogens is 595 g/mol. The first-order valence-corrected chi connectivity index (χ1v) is 13.9. The van der Waals surface area contributed by atoms with Crippen molar-refractivity contribution >= 4 is 39.9 Å². The number of aryl methyl sites for hydroxylation is 1. The van der Waals surface area contributed by atoms with Gasteiger partial charge < -0.3 is 24.8 Å². The molecule has 5 rings (SSSR count). The molecule has 0 spiro atoms. The molecule has 0 bridgehead atoms. The van der Waals surface area contributed by atoms with Gasteiger partial charge in [0.1, 0.15) is 11.5 Å². The number of nitrogens with one attached hydrogen (secondary N) is 2. The van der Waals surface area contributed by atoms with Gasteiger partial charge in [-0.15, -0.1) is 0 Å². The van der Waals surface area contributed by atoms with Crippen LogP contribution in [0.3, 0.4) is 0 Å². The van der Waals surface area contributed by atoms with Crippen LogP contribution in [0.4, 0.5) is 29.3 Å². The smallest absolute Gasteiger partial charge is 0.417 e. The minimum Gasteiger partial charge on any atom is -0.493 e. The number of alkyl halides is 3. The van der Waals surface area contributed by atoms with Gasteiger partial charge in [0.15, 0.2) is 11.5 Å². The number of rotatable bonds is 9. The van der Waals surface area contributed by atoms with Crippen molar-refractivity contribution in [3.63, 3.8) is 0 Å². The van der Waals surface area contributed by atoms with E-state index in [0.717, 1.165) is 29.5 Å². The number of urea groups is 1. The summed E-state index contributed by atoms with van der Waals surface area (Å²) in [5.41, 5.74) is 1.86. The second-order valence-corrected chi connectivity index (χ2v) is 10.2. The summed E-state index contributed by atoms with van der Waals surface area (Å²) in [5.74, 6) is 2.18. The first-order valence-electron chi connectivity index (χ1n) is 13.5. The monoisotopic (exact) mass is 621 g/mol. The molecule has 0 unspecified atom stereocenters. The number of nitrogens with zero attached hydrogens (tertiary/aromatic N) is 1. The van der Waals surface area contributed by atoms with Gasteiger partial charge in [-0.3, -0.25) is 0 Å². The van der Waals surface area contributed by atoms with Crippen molar-refractivity contribution in [2.45, 2.75) is 19.5 Å². The Balaban J connectivity index is 1.23. The Morgan fingerprint density at radius 1 is 0.864 bits per heavy atom. The summed E-state index contributed by atoms with van der Waals surface area (Å²) in [7, 11) is 1.58. The largest absolute Gasteiger partial charge is 0.493 e. The zero-order valence-electron chi connectivity index (χ0n) is 23.7. The maximum Gasteiger partial charge on any atom is 0.417 e. The van der Waals surface area contributed by atoms with E-state index in [1.807, 2.05) is 43.3 Å². The molecule has 4 aromatic carbocycles. The summed E-state index contributed by atoms with van der Waals surface area (Å²) >= 11 is 5.64. The second kappa shape index (κ2) is 13.1. The fourth-order valence-corrected chi connectivity index (χ4v) is 4.63. The van der Waals surface area contributed by atoms with Gasteiger partial charge in [0, 0.05) is 29.2 Å². The van der Waals surface area contributed by atoms with E-state index in [2.05, 4.69) is 22.8 Å². The van der Waals surface area contributed by atoms with E-state index in [4.69, 9.17) is 30.8 Å². The molecule has 0 saturated carbocycles.